The fraction of sp³-hybridized carbons (Fsp3) is 0.105. The molecule has 7 nitrogen and oxygen atoms in total. The van der Waals surface area contributed by atoms with Crippen molar-refractivity contribution in [1.82, 2.24) is 19.7 Å². The summed E-state index contributed by atoms with van der Waals surface area (Å²) in [5, 5.41) is 8.59. The van der Waals surface area contributed by atoms with Crippen molar-refractivity contribution in [2.45, 2.75) is 0 Å². The standard InChI is InChI=1S/C19H16ClN5O2/c1-26-14-7-3-12(4-8-14)22-17-16-11-21-25(18(16)24-19(20)23-17)13-5-9-15(27-2)10-6-13/h3-11H,1-2H3,(H,22,23,24). The molecule has 0 atom stereocenters. The van der Waals surface area contributed by atoms with Gasteiger partial charge in [-0.15, -0.1) is 0 Å². The van der Waals surface area contributed by atoms with Gasteiger partial charge in [0, 0.05) is 5.69 Å². The van der Waals surface area contributed by atoms with Crippen LogP contribution < -0.4 is 14.8 Å². The molecule has 1 N–H and O–H groups in total. The Morgan fingerprint density at radius 2 is 1.52 bits per heavy atom. The quantitative estimate of drug-likeness (QED) is 0.521. The zero-order valence-corrected chi connectivity index (χ0v) is 15.4. The Kier molecular flexibility index (Phi) is 4.52. The van der Waals surface area contributed by atoms with Crippen molar-refractivity contribution in [3.8, 4) is 17.2 Å². The molecule has 27 heavy (non-hydrogen) atoms. The predicted molar refractivity (Wildman–Crippen MR) is 104 cm³/mol. The van der Waals surface area contributed by atoms with Crippen LogP contribution in [0.2, 0.25) is 5.28 Å². The van der Waals surface area contributed by atoms with Crippen molar-refractivity contribution in [1.29, 1.82) is 0 Å². The Morgan fingerprint density at radius 3 is 2.15 bits per heavy atom. The zero-order chi connectivity index (χ0) is 18.8. The van der Waals surface area contributed by atoms with Gasteiger partial charge in [-0.05, 0) is 60.1 Å². The Labute approximate surface area is 160 Å². The molecule has 2 heterocycles. The molecule has 8 heteroatoms. The molecule has 0 saturated carbocycles. The van der Waals surface area contributed by atoms with Gasteiger partial charge in [0.25, 0.3) is 0 Å². The second-order valence-electron chi connectivity index (χ2n) is 5.69. The lowest BCUT2D eigenvalue weighted by Gasteiger charge is -2.09. The topological polar surface area (TPSA) is 74.1 Å². The number of nitrogens with one attached hydrogen (secondary N) is 1. The van der Waals surface area contributed by atoms with Gasteiger partial charge in [-0.3, -0.25) is 0 Å². The van der Waals surface area contributed by atoms with Crippen molar-refractivity contribution in [3.63, 3.8) is 0 Å². The molecule has 4 aromatic rings. The lowest BCUT2D eigenvalue weighted by atomic mass is 10.3. The first-order chi connectivity index (χ1) is 13.2. The minimum atomic E-state index is 0.133. The largest absolute Gasteiger partial charge is 0.497 e. The van der Waals surface area contributed by atoms with Crippen molar-refractivity contribution >= 4 is 34.1 Å². The van der Waals surface area contributed by atoms with E-state index in [2.05, 4.69) is 20.4 Å². The smallest absolute Gasteiger partial charge is 0.226 e. The Bertz CT molecular complexity index is 1080. The van der Waals surface area contributed by atoms with Gasteiger partial charge in [-0.1, -0.05) is 0 Å². The Hall–Kier alpha value is -3.32. The molecule has 2 aromatic heterocycles. The third kappa shape index (κ3) is 3.37. The van der Waals surface area contributed by atoms with E-state index in [-0.39, 0.29) is 5.28 Å². The van der Waals surface area contributed by atoms with E-state index in [4.69, 9.17) is 21.1 Å². The highest BCUT2D eigenvalue weighted by molar-refractivity contribution is 6.28. The van der Waals surface area contributed by atoms with Crippen LogP contribution in [0.25, 0.3) is 16.7 Å². The third-order valence-corrected chi connectivity index (χ3v) is 4.24. The maximum Gasteiger partial charge on any atom is 0.226 e. The maximum atomic E-state index is 6.16. The summed E-state index contributed by atoms with van der Waals surface area (Å²) in [5.41, 5.74) is 2.30. The van der Waals surface area contributed by atoms with Crippen LogP contribution in [0.1, 0.15) is 0 Å². The number of anilines is 2. The van der Waals surface area contributed by atoms with Crippen LogP contribution in [0.4, 0.5) is 11.5 Å². The van der Waals surface area contributed by atoms with Crippen LogP contribution >= 0.6 is 11.6 Å². The number of hydrogen-bond acceptors (Lipinski definition) is 6. The number of benzene rings is 2. The molecule has 136 valence electrons. The summed E-state index contributed by atoms with van der Waals surface area (Å²) in [6, 6.07) is 15.1. The number of aromatic nitrogens is 4. The van der Waals surface area contributed by atoms with Crippen molar-refractivity contribution in [2.24, 2.45) is 0 Å². The first-order valence-electron chi connectivity index (χ1n) is 8.14. The van der Waals surface area contributed by atoms with Crippen LogP contribution in [-0.2, 0) is 0 Å². The SMILES string of the molecule is COc1ccc(Nc2nc(Cl)nc3c2cnn3-c2ccc(OC)cc2)cc1. The van der Waals surface area contributed by atoms with Crippen LogP contribution in [0, 0.1) is 0 Å². The number of nitrogens with zero attached hydrogens (tertiary/aromatic N) is 4. The van der Waals surface area contributed by atoms with Crippen LogP contribution in [0.5, 0.6) is 11.5 Å². The highest BCUT2D eigenvalue weighted by atomic mass is 35.5. The minimum Gasteiger partial charge on any atom is -0.497 e. The van der Waals surface area contributed by atoms with Gasteiger partial charge < -0.3 is 14.8 Å². The zero-order valence-electron chi connectivity index (χ0n) is 14.7. The maximum absolute atomic E-state index is 6.16. The average molecular weight is 382 g/mol. The molecular weight excluding hydrogens is 366 g/mol. The van der Waals surface area contributed by atoms with E-state index in [0.29, 0.717) is 11.5 Å². The summed E-state index contributed by atoms with van der Waals surface area (Å²) in [6.45, 7) is 0. The molecule has 0 amide bonds. The van der Waals surface area contributed by atoms with Gasteiger partial charge in [0.15, 0.2) is 5.65 Å². The monoisotopic (exact) mass is 381 g/mol. The second kappa shape index (κ2) is 7.13. The summed E-state index contributed by atoms with van der Waals surface area (Å²) >= 11 is 6.16. The average Bonchev–Trinajstić information content (AvgIpc) is 3.12. The first kappa shape index (κ1) is 17.1. The van der Waals surface area contributed by atoms with E-state index in [9.17, 15) is 0 Å². The number of ether oxygens (including phenoxy) is 2. The molecule has 0 radical (unpaired) electrons. The molecule has 4 rings (SSSR count). The number of hydrogen-bond donors (Lipinski definition) is 1. The lowest BCUT2D eigenvalue weighted by Crippen LogP contribution is -2.00. The highest BCUT2D eigenvalue weighted by Crippen LogP contribution is 2.28. The van der Waals surface area contributed by atoms with Gasteiger partial charge in [-0.2, -0.15) is 15.1 Å². The molecule has 0 unspecified atom stereocenters. The van der Waals surface area contributed by atoms with E-state index in [1.165, 1.54) is 0 Å². The van der Waals surface area contributed by atoms with E-state index in [1.807, 2.05) is 48.5 Å². The van der Waals surface area contributed by atoms with E-state index in [0.717, 1.165) is 28.3 Å². The van der Waals surface area contributed by atoms with E-state index in [1.54, 1.807) is 25.1 Å². The van der Waals surface area contributed by atoms with Crippen LogP contribution in [0.3, 0.4) is 0 Å². The van der Waals surface area contributed by atoms with Crippen molar-refractivity contribution in [2.75, 3.05) is 19.5 Å². The summed E-state index contributed by atoms with van der Waals surface area (Å²) in [7, 11) is 3.26. The van der Waals surface area contributed by atoms with Crippen LogP contribution in [-0.4, -0.2) is 34.0 Å². The number of rotatable bonds is 5. The van der Waals surface area contributed by atoms with Gasteiger partial charge in [-0.25, -0.2) is 4.68 Å². The molecule has 0 aliphatic rings. The molecule has 0 aliphatic carbocycles. The molecular formula is C19H16ClN5O2. The molecule has 0 bridgehead atoms. The number of halogens is 1. The summed E-state index contributed by atoms with van der Waals surface area (Å²) < 4.78 is 12.1. The first-order valence-corrected chi connectivity index (χ1v) is 8.52. The second-order valence-corrected chi connectivity index (χ2v) is 6.02. The molecule has 2 aromatic carbocycles. The third-order valence-electron chi connectivity index (χ3n) is 4.07. The highest BCUT2D eigenvalue weighted by Gasteiger charge is 2.14. The van der Waals surface area contributed by atoms with E-state index >= 15 is 0 Å². The van der Waals surface area contributed by atoms with Gasteiger partial charge in [0.2, 0.25) is 5.28 Å². The lowest BCUT2D eigenvalue weighted by molar-refractivity contribution is 0.414. The molecule has 0 spiro atoms. The van der Waals surface area contributed by atoms with Gasteiger partial charge in [0.05, 0.1) is 31.5 Å². The molecule has 0 saturated heterocycles. The van der Waals surface area contributed by atoms with Gasteiger partial charge in [0.1, 0.15) is 17.3 Å². The molecule has 0 fully saturated rings. The summed E-state index contributed by atoms with van der Waals surface area (Å²) in [6.07, 6.45) is 1.71. The number of fused-ring (bicyclic) bond motifs is 1. The normalized spacial score (nSPS) is 10.8. The minimum absolute atomic E-state index is 0.133. The predicted octanol–water partition coefficient (Wildman–Crippen LogP) is 4.23. The number of methoxy groups -OCH3 is 2. The summed E-state index contributed by atoms with van der Waals surface area (Å²) in [4.78, 5) is 8.66. The summed E-state index contributed by atoms with van der Waals surface area (Å²) in [5.74, 6) is 2.12. The van der Waals surface area contributed by atoms with Crippen LogP contribution in [0.15, 0.2) is 54.7 Å². The van der Waals surface area contributed by atoms with Crippen molar-refractivity contribution in [3.05, 3.63) is 60.0 Å². The fourth-order valence-electron chi connectivity index (χ4n) is 2.70. The molecule has 0 aliphatic heterocycles. The van der Waals surface area contributed by atoms with Gasteiger partial charge >= 0.3 is 0 Å². The fourth-order valence-corrected chi connectivity index (χ4v) is 2.86. The van der Waals surface area contributed by atoms with Crippen molar-refractivity contribution < 1.29 is 9.47 Å². The Balaban J connectivity index is 1.74. The van der Waals surface area contributed by atoms with E-state index < -0.39 is 0 Å². The Morgan fingerprint density at radius 1 is 0.889 bits per heavy atom.